The Morgan fingerprint density at radius 3 is 1.88 bits per heavy atom. The second-order valence-electron chi connectivity index (χ2n) is 27.0. The Morgan fingerprint density at radius 1 is 0.701 bits per heavy atom. The van der Waals surface area contributed by atoms with Crippen molar-refractivity contribution < 1.29 is 100 Å². The molecule has 8 rings (SSSR count). The van der Waals surface area contributed by atoms with Crippen LogP contribution >= 0.6 is 0 Å². The number of aliphatic hydroxyl groups is 1. The number of pyridine rings is 2. The molecule has 0 radical (unpaired) electrons. The van der Waals surface area contributed by atoms with Crippen molar-refractivity contribution in [2.24, 2.45) is 0 Å². The smallest absolute Gasteiger partial charge is 0.343 e. The molecule has 0 saturated carbocycles. The van der Waals surface area contributed by atoms with Gasteiger partial charge in [-0.3, -0.25) is 53.0 Å². The van der Waals surface area contributed by atoms with Gasteiger partial charge in [0, 0.05) is 125 Å². The number of methoxy groups -OCH3 is 2. The summed E-state index contributed by atoms with van der Waals surface area (Å²) in [6.45, 7) is 12.4. The van der Waals surface area contributed by atoms with Crippen molar-refractivity contribution in [1.29, 1.82) is 0 Å². The number of esters is 1. The predicted molar refractivity (Wildman–Crippen MR) is 390 cm³/mol. The number of hydrogen-bond acceptors (Lipinski definition) is 23. The van der Waals surface area contributed by atoms with Crippen LogP contribution in [-0.2, 0) is 113 Å². The van der Waals surface area contributed by atoms with Crippen molar-refractivity contribution in [1.82, 2.24) is 45.9 Å². The number of rotatable bonds is 48. The number of carbonyl (C=O) groups excluding carboxylic acids is 9. The molecule has 1 fully saturated rings. The Bertz CT molecular complexity index is 3790. The minimum absolute atomic E-state index is 0.00547. The largest absolute Gasteiger partial charge is 0.496 e. The third kappa shape index (κ3) is 24.2. The first-order chi connectivity index (χ1) is 51.6. The first kappa shape index (κ1) is 84.0. The number of likely N-dealkylation sites (tertiary alicyclic amines) is 1. The summed E-state index contributed by atoms with van der Waals surface area (Å²) in [6, 6.07) is 11.1. The molecular weight excluding hydrogens is 1390 g/mol. The molecule has 0 aliphatic carbocycles. The Kier molecular flexibility index (Phi) is 33.1. The molecule has 0 unspecified atom stereocenters. The Morgan fingerprint density at radius 2 is 1.29 bits per heavy atom. The van der Waals surface area contributed by atoms with E-state index in [1.54, 1.807) is 37.7 Å². The fraction of sp³-hybridized carbons (Fsp3) is 0.587. The van der Waals surface area contributed by atoms with Crippen molar-refractivity contribution in [3.8, 4) is 17.1 Å². The number of nitrogens with one attached hydrogen (secondary N) is 6. The lowest BCUT2D eigenvalue weighted by Gasteiger charge is -2.43. The van der Waals surface area contributed by atoms with Crippen molar-refractivity contribution in [3.63, 3.8) is 0 Å². The predicted octanol–water partition coefficient (Wildman–Crippen LogP) is 1.88. The summed E-state index contributed by atoms with van der Waals surface area (Å²) < 4.78 is 56.6. The summed E-state index contributed by atoms with van der Waals surface area (Å²) in [5.74, 6) is -4.11. The zero-order valence-corrected chi connectivity index (χ0v) is 62.6. The highest BCUT2D eigenvalue weighted by Crippen LogP contribution is 2.42. The quantitative estimate of drug-likeness (QED) is 0.0126. The minimum atomic E-state index is -1.99. The highest BCUT2D eigenvalue weighted by molar-refractivity contribution is 6.13. The lowest BCUT2D eigenvalue weighted by Crippen LogP contribution is -2.53. The van der Waals surface area contributed by atoms with Gasteiger partial charge in [0.1, 0.15) is 31.0 Å². The van der Waals surface area contributed by atoms with Gasteiger partial charge in [0.05, 0.1) is 161 Å². The molecule has 0 bridgehead atoms. The van der Waals surface area contributed by atoms with E-state index in [1.807, 2.05) is 30.3 Å². The van der Waals surface area contributed by atoms with Gasteiger partial charge in [-0.2, -0.15) is 0 Å². The maximum Gasteiger partial charge on any atom is 0.343 e. The van der Waals surface area contributed by atoms with Crippen LogP contribution in [0.15, 0.2) is 59.4 Å². The Hall–Kier alpha value is -8.67. The molecule has 4 aromatic rings. The zero-order valence-electron chi connectivity index (χ0n) is 62.6. The number of cyclic esters (lactones) is 1. The number of piperidine rings is 1. The molecule has 2 aromatic heterocycles. The van der Waals surface area contributed by atoms with Gasteiger partial charge in [-0.25, -0.2) is 9.78 Å². The molecule has 2 aromatic carbocycles. The van der Waals surface area contributed by atoms with Gasteiger partial charge in [-0.15, -0.1) is 0 Å². The van der Waals surface area contributed by atoms with Crippen LogP contribution in [-0.4, -0.2) is 267 Å². The second-order valence-corrected chi connectivity index (χ2v) is 27.0. The van der Waals surface area contributed by atoms with Gasteiger partial charge in [-0.1, -0.05) is 19.1 Å². The normalized spacial score (nSPS) is 16.2. The van der Waals surface area contributed by atoms with Crippen LogP contribution < -0.4 is 42.2 Å². The van der Waals surface area contributed by atoms with Crippen molar-refractivity contribution in [2.75, 3.05) is 173 Å². The summed E-state index contributed by atoms with van der Waals surface area (Å²) >= 11 is 0. The monoisotopic (exact) mass is 1500 g/mol. The van der Waals surface area contributed by atoms with Gasteiger partial charge in [0.2, 0.25) is 29.5 Å². The van der Waals surface area contributed by atoms with Crippen LogP contribution in [0.4, 0.5) is 5.69 Å². The molecule has 1 saturated heterocycles. The molecular formula is C75H106N11O21+. The molecule has 4 aliphatic rings. The Labute approximate surface area is 623 Å². The standard InChI is InChI=1S/C75H105N11O21/c1-8-75(97)59-45-62-69-57(47-85(62)73(95)58(59)49-107-74(75)96)56(54-44-63(99-7)55(71(93)76-3)43-61(54)82-69)46-83-26-21-53(22-27-83)86(4,5)48-51-13-15-52(16-14-51)80-70(92)50(2)79-65(88)11-9-23-78-72(94)60(81-66(89)12-10-25-84-67(90)19-20-68(84)91)17-18-64(87)77-24-28-100-31-32-102-35-36-104-39-40-106-42-41-105-38-37-103-34-33-101-30-29-98-6/h13-16,19-20,43-45,50,53,60,97H,8-12,17-18,21-42,46-49H2,1-7H3,(H5-,76,77,78,79,80,81,87,88,89,92,93,94)/p+1/t50-,60-,75-/m0/s1. The summed E-state index contributed by atoms with van der Waals surface area (Å²) in [5, 5.41) is 28.7. The molecule has 6 heterocycles. The molecule has 3 atom stereocenters. The van der Waals surface area contributed by atoms with E-state index in [0.29, 0.717) is 143 Å². The van der Waals surface area contributed by atoms with Gasteiger partial charge in [-0.05, 0) is 68.5 Å². The number of amides is 8. The highest BCUT2D eigenvalue weighted by Gasteiger charge is 2.46. The van der Waals surface area contributed by atoms with Crippen LogP contribution in [0.5, 0.6) is 5.75 Å². The highest BCUT2D eigenvalue weighted by atomic mass is 16.6. The maximum absolute atomic E-state index is 14.2. The number of carbonyl (C=O) groups is 9. The van der Waals surface area contributed by atoms with E-state index in [2.05, 4.69) is 50.9 Å². The summed E-state index contributed by atoms with van der Waals surface area (Å²) in [7, 11) is 9.08. The van der Waals surface area contributed by atoms with E-state index >= 15 is 0 Å². The number of ether oxygens (including phenoxy) is 10. The average molecular weight is 1500 g/mol. The fourth-order valence-corrected chi connectivity index (χ4v) is 13.1. The first-order valence-electron chi connectivity index (χ1n) is 36.7. The van der Waals surface area contributed by atoms with Crippen molar-refractivity contribution in [2.45, 2.75) is 122 Å². The van der Waals surface area contributed by atoms with Gasteiger partial charge in [0.15, 0.2) is 5.60 Å². The number of imide groups is 1. The fourth-order valence-electron chi connectivity index (χ4n) is 13.1. The number of nitrogens with zero attached hydrogens (tertiary/aromatic N) is 5. The van der Waals surface area contributed by atoms with Crippen LogP contribution in [0.3, 0.4) is 0 Å². The van der Waals surface area contributed by atoms with E-state index in [9.17, 15) is 53.1 Å². The van der Waals surface area contributed by atoms with E-state index in [1.165, 1.54) is 14.2 Å². The third-order valence-corrected chi connectivity index (χ3v) is 19.2. The number of benzene rings is 2. The molecule has 7 N–H and O–H groups in total. The lowest BCUT2D eigenvalue weighted by molar-refractivity contribution is -0.929. The Balaban J connectivity index is 0.726. The number of fused-ring (bicyclic) bond motifs is 5. The van der Waals surface area contributed by atoms with E-state index in [0.717, 1.165) is 65.1 Å². The van der Waals surface area contributed by atoms with Gasteiger partial charge < -0.3 is 93.4 Å². The summed E-state index contributed by atoms with van der Waals surface area (Å²) in [5.41, 5.74) is 3.27. The summed E-state index contributed by atoms with van der Waals surface area (Å²) in [6.07, 6.45) is 4.06. The molecule has 4 aliphatic heterocycles. The van der Waals surface area contributed by atoms with Crippen molar-refractivity contribution in [3.05, 3.63) is 98.4 Å². The number of anilines is 1. The lowest BCUT2D eigenvalue weighted by atomic mass is 9.86. The van der Waals surface area contributed by atoms with E-state index in [-0.39, 0.29) is 119 Å². The molecule has 32 heteroatoms. The van der Waals surface area contributed by atoms with Gasteiger partial charge in [0.25, 0.3) is 23.3 Å². The first-order valence-corrected chi connectivity index (χ1v) is 36.7. The van der Waals surface area contributed by atoms with Crippen LogP contribution in [0.1, 0.15) is 110 Å². The van der Waals surface area contributed by atoms with Gasteiger partial charge >= 0.3 is 5.97 Å². The van der Waals surface area contributed by atoms with Crippen LogP contribution in [0, 0.1) is 0 Å². The maximum atomic E-state index is 14.2. The van der Waals surface area contributed by atoms with E-state index in [4.69, 9.17) is 52.4 Å². The van der Waals surface area contributed by atoms with Crippen LogP contribution in [0.25, 0.3) is 22.3 Å². The van der Waals surface area contributed by atoms with Crippen LogP contribution in [0.2, 0.25) is 0 Å². The molecule has 0 spiro atoms. The average Bonchev–Trinajstić information content (AvgIpc) is 1.60. The van der Waals surface area contributed by atoms with Crippen molar-refractivity contribution >= 4 is 69.8 Å². The molecule has 586 valence electrons. The summed E-state index contributed by atoms with van der Waals surface area (Å²) in [4.78, 5) is 139. The van der Waals surface area contributed by atoms with E-state index < -0.39 is 59.1 Å². The number of aromatic nitrogens is 2. The second kappa shape index (κ2) is 42.2. The molecule has 32 nitrogen and oxygen atoms in total. The molecule has 107 heavy (non-hydrogen) atoms. The zero-order chi connectivity index (χ0) is 76.9. The number of hydrogen-bond donors (Lipinski definition) is 7. The minimum Gasteiger partial charge on any atom is -0.496 e. The third-order valence-electron chi connectivity index (χ3n) is 19.2. The topological polar surface area (TPSA) is 380 Å². The SMILES string of the molecule is CC[C@@]1(O)C(=O)OCc2c1cc1n(c2=O)Cc2c-1nc1cc(C(=O)NC)c(OC)cc1c2CN1CCC([N+](C)(C)Cc2ccc(NC(=O)[C@H](C)NC(=O)CCCNC(=O)[C@H](CCC(=O)NCCOCCOCCOCCOCCOCCOCCOCCOC)NC(=O)CCCN3C(=O)C=CC3=O)cc2)CC1. The number of quaternary nitrogens is 1. The molecule has 8 amide bonds.